The fourth-order valence-corrected chi connectivity index (χ4v) is 5.37. The largest absolute Gasteiger partial charge is 0.467 e. The molecule has 2 aliphatic heterocycles. The Morgan fingerprint density at radius 1 is 1.12 bits per heavy atom. The van der Waals surface area contributed by atoms with Gasteiger partial charge in [0.05, 0.1) is 6.04 Å². The summed E-state index contributed by atoms with van der Waals surface area (Å²) in [7, 11) is 0. The molecule has 2 N–H and O–H groups in total. The number of carbonyl (C=O) groups is 1. The van der Waals surface area contributed by atoms with E-state index in [4.69, 9.17) is 28.6 Å². The Bertz CT molecular complexity index is 1260. The van der Waals surface area contributed by atoms with Gasteiger partial charge in [0.2, 0.25) is 5.91 Å². The van der Waals surface area contributed by atoms with Crippen molar-refractivity contribution in [2.24, 2.45) is 5.92 Å². The van der Waals surface area contributed by atoms with Gasteiger partial charge in [0.25, 0.3) is 0 Å². The summed E-state index contributed by atoms with van der Waals surface area (Å²) in [5.74, 6) is -0.00317. The van der Waals surface area contributed by atoms with Crippen LogP contribution in [0, 0.1) is 19.8 Å². The maximum atomic E-state index is 13.8. The first-order valence-electron chi connectivity index (χ1n) is 10.8. The lowest BCUT2D eigenvalue weighted by Gasteiger charge is -2.56. The average molecular weight is 478 g/mol. The number of benzene rings is 3. The molecule has 0 unspecified atom stereocenters. The molecule has 5 nitrogen and oxygen atoms in total. The second kappa shape index (κ2) is 8.04. The van der Waals surface area contributed by atoms with E-state index in [1.807, 2.05) is 62.1 Å². The minimum Gasteiger partial charge on any atom is -0.467 e. The van der Waals surface area contributed by atoms with Crippen LogP contribution in [0.2, 0.25) is 5.02 Å². The molecule has 3 aromatic rings. The molecule has 3 atom stereocenters. The summed E-state index contributed by atoms with van der Waals surface area (Å²) in [6.07, 6.45) is 0. The Kier molecular flexibility index (Phi) is 5.30. The quantitative estimate of drug-likeness (QED) is 0.470. The molecule has 0 saturated carbocycles. The van der Waals surface area contributed by atoms with E-state index in [-0.39, 0.29) is 11.9 Å². The molecule has 7 heteroatoms. The van der Waals surface area contributed by atoms with E-state index >= 15 is 0 Å². The highest BCUT2D eigenvalue weighted by Crippen LogP contribution is 2.50. The molecule has 5 rings (SSSR count). The van der Waals surface area contributed by atoms with Gasteiger partial charge in [-0.25, -0.2) is 0 Å². The van der Waals surface area contributed by atoms with Crippen molar-refractivity contribution in [3.05, 3.63) is 88.4 Å². The number of fused-ring (bicyclic) bond motifs is 4. The first kappa shape index (κ1) is 21.7. The van der Waals surface area contributed by atoms with E-state index in [0.717, 1.165) is 28.1 Å². The van der Waals surface area contributed by atoms with Gasteiger partial charge >= 0.3 is 0 Å². The number of nitrogens with one attached hydrogen (secondary N) is 2. The highest BCUT2D eigenvalue weighted by molar-refractivity contribution is 7.80. The molecule has 33 heavy (non-hydrogen) atoms. The summed E-state index contributed by atoms with van der Waals surface area (Å²) in [5.41, 5.74) is 3.58. The Morgan fingerprint density at radius 3 is 2.58 bits per heavy atom. The number of nitrogens with zero attached hydrogens (tertiary/aromatic N) is 1. The third-order valence-electron chi connectivity index (χ3n) is 6.40. The number of rotatable bonds is 3. The van der Waals surface area contributed by atoms with Crippen molar-refractivity contribution in [2.75, 3.05) is 10.2 Å². The standard InChI is InChI=1S/C26H24ClN3O2S/c1-15-8-13-21-19(14-15)23-22(24(31)28-18-11-9-17(27)10-12-18)26(3,32-21)30(25(33)29-23)20-7-5-4-6-16(20)2/h4-14,22-23H,1-3H3,(H,28,31)(H,29,33)/t22-,23-,26+/m1/s1. The molecule has 0 spiro atoms. The fourth-order valence-electron chi connectivity index (χ4n) is 4.83. The smallest absolute Gasteiger partial charge is 0.236 e. The summed E-state index contributed by atoms with van der Waals surface area (Å²) >= 11 is 11.9. The van der Waals surface area contributed by atoms with Gasteiger partial charge in [-0.05, 0) is 75.0 Å². The number of halogens is 1. The van der Waals surface area contributed by atoms with Crippen LogP contribution in [0.1, 0.15) is 29.7 Å². The molecule has 1 amide bonds. The first-order chi connectivity index (χ1) is 15.8. The average Bonchev–Trinajstić information content (AvgIpc) is 2.77. The minimum absolute atomic E-state index is 0.162. The predicted molar refractivity (Wildman–Crippen MR) is 136 cm³/mol. The maximum Gasteiger partial charge on any atom is 0.236 e. The molecule has 0 radical (unpaired) electrons. The van der Waals surface area contributed by atoms with Crippen LogP contribution >= 0.6 is 23.8 Å². The number of carbonyl (C=O) groups excluding carboxylic acids is 1. The zero-order valence-corrected chi connectivity index (χ0v) is 20.1. The number of hydrogen-bond donors (Lipinski definition) is 2. The van der Waals surface area contributed by atoms with E-state index < -0.39 is 11.6 Å². The number of para-hydroxylation sites is 1. The van der Waals surface area contributed by atoms with Crippen molar-refractivity contribution in [1.29, 1.82) is 0 Å². The van der Waals surface area contributed by atoms with Gasteiger partial charge in [-0.1, -0.05) is 47.5 Å². The SMILES string of the molecule is Cc1ccc2c(c1)[C@H]1NC(=S)N(c3ccccc3C)[C@@](C)(O2)[C@H]1C(=O)Nc1ccc(Cl)cc1. The number of aryl methyl sites for hydroxylation is 2. The van der Waals surface area contributed by atoms with Gasteiger partial charge in [0.15, 0.2) is 10.8 Å². The lowest BCUT2D eigenvalue weighted by atomic mass is 9.78. The summed E-state index contributed by atoms with van der Waals surface area (Å²) in [6, 6.07) is 20.8. The second-order valence-electron chi connectivity index (χ2n) is 8.72. The molecule has 3 aromatic carbocycles. The predicted octanol–water partition coefficient (Wildman–Crippen LogP) is 5.76. The highest BCUT2D eigenvalue weighted by atomic mass is 35.5. The van der Waals surface area contributed by atoms with Gasteiger partial charge in [-0.3, -0.25) is 9.69 Å². The molecule has 2 aliphatic rings. The Morgan fingerprint density at radius 2 is 1.85 bits per heavy atom. The number of anilines is 2. The molecular formula is C26H24ClN3O2S. The first-order valence-corrected chi connectivity index (χ1v) is 11.6. The van der Waals surface area contributed by atoms with Gasteiger partial charge in [0.1, 0.15) is 11.7 Å². The Balaban J connectivity index is 1.64. The molecule has 2 heterocycles. The van der Waals surface area contributed by atoms with Crippen LogP contribution in [-0.2, 0) is 4.79 Å². The number of hydrogen-bond acceptors (Lipinski definition) is 3. The molecule has 1 saturated heterocycles. The summed E-state index contributed by atoms with van der Waals surface area (Å²) < 4.78 is 6.64. The molecule has 0 aliphatic carbocycles. The second-order valence-corrected chi connectivity index (χ2v) is 9.54. The van der Waals surface area contributed by atoms with E-state index in [0.29, 0.717) is 15.8 Å². The van der Waals surface area contributed by atoms with Gasteiger partial charge in [-0.2, -0.15) is 0 Å². The van der Waals surface area contributed by atoms with E-state index in [9.17, 15) is 4.79 Å². The van der Waals surface area contributed by atoms with Crippen molar-refractivity contribution >= 4 is 46.2 Å². The van der Waals surface area contributed by atoms with Crippen LogP contribution in [0.4, 0.5) is 11.4 Å². The topological polar surface area (TPSA) is 53.6 Å². The van der Waals surface area contributed by atoms with E-state index in [1.54, 1.807) is 24.3 Å². The van der Waals surface area contributed by atoms with Crippen molar-refractivity contribution in [3.63, 3.8) is 0 Å². The number of thiocarbonyl (C=S) groups is 1. The lowest BCUT2D eigenvalue weighted by Crippen LogP contribution is -2.72. The lowest BCUT2D eigenvalue weighted by molar-refractivity contribution is -0.130. The minimum atomic E-state index is -1.04. The van der Waals surface area contributed by atoms with Crippen molar-refractivity contribution < 1.29 is 9.53 Å². The number of amides is 1. The van der Waals surface area contributed by atoms with Crippen molar-refractivity contribution in [1.82, 2.24) is 5.32 Å². The highest BCUT2D eigenvalue weighted by Gasteiger charge is 2.59. The zero-order valence-electron chi connectivity index (χ0n) is 18.6. The Hall–Kier alpha value is -3.09. The summed E-state index contributed by atoms with van der Waals surface area (Å²) in [5, 5.41) is 7.64. The molecule has 0 aromatic heterocycles. The third-order valence-corrected chi connectivity index (χ3v) is 6.96. The van der Waals surface area contributed by atoms with Gasteiger partial charge < -0.3 is 15.4 Å². The fraction of sp³-hybridized carbons (Fsp3) is 0.231. The summed E-state index contributed by atoms with van der Waals surface area (Å²) in [6.45, 7) is 5.99. The summed E-state index contributed by atoms with van der Waals surface area (Å²) in [4.78, 5) is 15.7. The maximum absolute atomic E-state index is 13.8. The van der Waals surface area contributed by atoms with Crippen molar-refractivity contribution in [2.45, 2.75) is 32.5 Å². The zero-order chi connectivity index (χ0) is 23.3. The van der Waals surface area contributed by atoms with Crippen molar-refractivity contribution in [3.8, 4) is 5.75 Å². The van der Waals surface area contributed by atoms with E-state index in [2.05, 4.69) is 16.7 Å². The molecule has 2 bridgehead atoms. The van der Waals surface area contributed by atoms with Crippen LogP contribution < -0.4 is 20.3 Å². The van der Waals surface area contributed by atoms with Crippen LogP contribution in [-0.4, -0.2) is 16.7 Å². The van der Waals surface area contributed by atoms with Gasteiger partial charge in [-0.15, -0.1) is 0 Å². The van der Waals surface area contributed by atoms with Crippen LogP contribution in [0.5, 0.6) is 5.75 Å². The Labute approximate surface area is 203 Å². The van der Waals surface area contributed by atoms with Crippen LogP contribution in [0.3, 0.4) is 0 Å². The van der Waals surface area contributed by atoms with Crippen LogP contribution in [0.15, 0.2) is 66.7 Å². The van der Waals surface area contributed by atoms with Crippen LogP contribution in [0.25, 0.3) is 0 Å². The normalized spacial score (nSPS) is 23.3. The van der Waals surface area contributed by atoms with Gasteiger partial charge in [0, 0.05) is 22.0 Å². The third kappa shape index (κ3) is 3.63. The molecule has 168 valence electrons. The monoisotopic (exact) mass is 477 g/mol. The molecule has 1 fully saturated rings. The molecular weight excluding hydrogens is 454 g/mol. The number of ether oxygens (including phenoxy) is 1. The van der Waals surface area contributed by atoms with E-state index in [1.165, 1.54) is 0 Å².